The number of unbranched alkanes of at least 4 members (excludes halogenated alkanes) is 4. The lowest BCUT2D eigenvalue weighted by molar-refractivity contribution is 0.0453. The van der Waals surface area contributed by atoms with Gasteiger partial charge in [0.2, 0.25) is 0 Å². The lowest BCUT2D eigenvalue weighted by Crippen LogP contribution is -2.36. The van der Waals surface area contributed by atoms with Crippen LogP contribution in [-0.2, 0) is 9.47 Å². The summed E-state index contributed by atoms with van der Waals surface area (Å²) in [4.78, 5) is 0. The fourth-order valence-electron chi connectivity index (χ4n) is 1.71. The third-order valence-corrected chi connectivity index (χ3v) is 2.89. The first kappa shape index (κ1) is 18.9. The van der Waals surface area contributed by atoms with Crippen molar-refractivity contribution in [3.63, 3.8) is 0 Å². The molecule has 0 spiro atoms. The molecule has 0 saturated heterocycles. The van der Waals surface area contributed by atoms with Gasteiger partial charge < -0.3 is 14.8 Å². The number of rotatable bonds is 13. The normalized spacial score (nSPS) is 12.0. The summed E-state index contributed by atoms with van der Waals surface area (Å²) in [7, 11) is 0. The molecule has 19 heavy (non-hydrogen) atoms. The van der Waals surface area contributed by atoms with Gasteiger partial charge in [0.15, 0.2) is 0 Å². The minimum Gasteiger partial charge on any atom is -0.379 e. The van der Waals surface area contributed by atoms with Crippen LogP contribution in [0.15, 0.2) is 0 Å². The van der Waals surface area contributed by atoms with Crippen LogP contribution in [0.5, 0.6) is 0 Å². The highest BCUT2D eigenvalue weighted by atomic mass is 16.5. The van der Waals surface area contributed by atoms with E-state index in [0.29, 0.717) is 0 Å². The SMILES string of the molecule is CCCCOCCOCCCCCCNC(C)(C)C. The van der Waals surface area contributed by atoms with E-state index < -0.39 is 0 Å². The second-order valence-electron chi connectivity index (χ2n) is 6.17. The van der Waals surface area contributed by atoms with Crippen molar-refractivity contribution in [1.82, 2.24) is 5.32 Å². The van der Waals surface area contributed by atoms with Crippen LogP contribution in [-0.4, -0.2) is 38.5 Å². The highest BCUT2D eigenvalue weighted by Gasteiger charge is 2.06. The monoisotopic (exact) mass is 273 g/mol. The van der Waals surface area contributed by atoms with Gasteiger partial charge in [-0.25, -0.2) is 0 Å². The Morgan fingerprint density at radius 2 is 1.32 bits per heavy atom. The molecule has 0 unspecified atom stereocenters. The topological polar surface area (TPSA) is 30.5 Å². The first-order chi connectivity index (χ1) is 9.06. The van der Waals surface area contributed by atoms with Crippen molar-refractivity contribution in [3.8, 4) is 0 Å². The molecule has 0 bridgehead atoms. The third kappa shape index (κ3) is 17.9. The molecule has 1 N–H and O–H groups in total. The summed E-state index contributed by atoms with van der Waals surface area (Å²) in [5.41, 5.74) is 0.251. The zero-order chi connectivity index (χ0) is 14.4. The van der Waals surface area contributed by atoms with E-state index in [9.17, 15) is 0 Å². The van der Waals surface area contributed by atoms with E-state index in [2.05, 4.69) is 33.0 Å². The first-order valence-corrected chi connectivity index (χ1v) is 7.97. The van der Waals surface area contributed by atoms with Crippen LogP contribution >= 0.6 is 0 Å². The average Bonchev–Trinajstić information content (AvgIpc) is 2.34. The Labute approximate surface area is 120 Å². The van der Waals surface area contributed by atoms with Crippen molar-refractivity contribution in [2.24, 2.45) is 0 Å². The van der Waals surface area contributed by atoms with Gasteiger partial charge in [-0.3, -0.25) is 0 Å². The fraction of sp³-hybridized carbons (Fsp3) is 1.00. The Morgan fingerprint density at radius 1 is 0.737 bits per heavy atom. The molecule has 0 heterocycles. The summed E-state index contributed by atoms with van der Waals surface area (Å²) in [6, 6.07) is 0. The van der Waals surface area contributed by atoms with E-state index in [-0.39, 0.29) is 5.54 Å². The van der Waals surface area contributed by atoms with Gasteiger partial charge in [0.25, 0.3) is 0 Å². The lowest BCUT2D eigenvalue weighted by atomic mass is 10.1. The van der Waals surface area contributed by atoms with Crippen molar-refractivity contribution in [2.75, 3.05) is 33.0 Å². The van der Waals surface area contributed by atoms with Crippen molar-refractivity contribution in [1.29, 1.82) is 0 Å². The quantitative estimate of drug-likeness (QED) is 0.518. The highest BCUT2D eigenvalue weighted by Crippen LogP contribution is 2.02. The smallest absolute Gasteiger partial charge is 0.0700 e. The fourth-order valence-corrected chi connectivity index (χ4v) is 1.71. The van der Waals surface area contributed by atoms with Crippen molar-refractivity contribution in [2.45, 2.75) is 71.8 Å². The van der Waals surface area contributed by atoms with Crippen LogP contribution in [0.1, 0.15) is 66.2 Å². The summed E-state index contributed by atoms with van der Waals surface area (Å²) in [5, 5.41) is 3.51. The molecule has 0 radical (unpaired) electrons. The number of hydrogen-bond acceptors (Lipinski definition) is 3. The van der Waals surface area contributed by atoms with Crippen LogP contribution in [0.4, 0.5) is 0 Å². The molecule has 0 aromatic heterocycles. The molecule has 0 aliphatic rings. The van der Waals surface area contributed by atoms with Gasteiger partial charge in [-0.05, 0) is 46.6 Å². The maximum absolute atomic E-state index is 5.53. The molecule has 116 valence electrons. The average molecular weight is 273 g/mol. The lowest BCUT2D eigenvalue weighted by Gasteiger charge is -2.20. The van der Waals surface area contributed by atoms with Gasteiger partial charge in [0.05, 0.1) is 13.2 Å². The molecule has 0 rings (SSSR count). The maximum atomic E-state index is 5.53. The molecule has 0 amide bonds. The highest BCUT2D eigenvalue weighted by molar-refractivity contribution is 4.69. The molecule has 0 aromatic carbocycles. The predicted octanol–water partition coefficient (Wildman–Crippen LogP) is 3.77. The largest absolute Gasteiger partial charge is 0.379 e. The Balaban J connectivity index is 2.99. The molecule has 0 fully saturated rings. The summed E-state index contributed by atoms with van der Waals surface area (Å²) in [6.07, 6.45) is 7.34. The summed E-state index contributed by atoms with van der Waals surface area (Å²) < 4.78 is 11.0. The molecular formula is C16H35NO2. The van der Waals surface area contributed by atoms with Gasteiger partial charge in [0, 0.05) is 18.8 Å². The molecule has 0 saturated carbocycles. The van der Waals surface area contributed by atoms with Gasteiger partial charge in [-0.15, -0.1) is 0 Å². The molecule has 0 aliphatic carbocycles. The summed E-state index contributed by atoms with van der Waals surface area (Å²) in [5.74, 6) is 0. The van der Waals surface area contributed by atoms with Crippen LogP contribution in [0, 0.1) is 0 Å². The van der Waals surface area contributed by atoms with E-state index in [4.69, 9.17) is 9.47 Å². The standard InChI is InChI=1S/C16H35NO2/c1-5-6-12-18-14-15-19-13-10-8-7-9-11-17-16(2,3)4/h17H,5-15H2,1-4H3. The second kappa shape index (κ2) is 12.9. The van der Waals surface area contributed by atoms with Crippen LogP contribution in [0.25, 0.3) is 0 Å². The molecule has 3 nitrogen and oxygen atoms in total. The van der Waals surface area contributed by atoms with E-state index in [1.54, 1.807) is 0 Å². The van der Waals surface area contributed by atoms with E-state index in [1.807, 2.05) is 0 Å². The van der Waals surface area contributed by atoms with E-state index >= 15 is 0 Å². The third-order valence-electron chi connectivity index (χ3n) is 2.89. The zero-order valence-corrected chi connectivity index (χ0v) is 13.6. The molecule has 0 atom stereocenters. The Bertz CT molecular complexity index is 178. The molecular weight excluding hydrogens is 238 g/mol. The molecule has 3 heteroatoms. The van der Waals surface area contributed by atoms with Crippen LogP contribution < -0.4 is 5.32 Å². The van der Waals surface area contributed by atoms with Crippen LogP contribution in [0.3, 0.4) is 0 Å². The van der Waals surface area contributed by atoms with Gasteiger partial charge in [-0.1, -0.05) is 26.2 Å². The second-order valence-corrected chi connectivity index (χ2v) is 6.17. The van der Waals surface area contributed by atoms with Gasteiger partial charge in [0.1, 0.15) is 0 Å². The van der Waals surface area contributed by atoms with Crippen molar-refractivity contribution < 1.29 is 9.47 Å². The minimum atomic E-state index is 0.251. The van der Waals surface area contributed by atoms with Crippen LogP contribution in [0.2, 0.25) is 0 Å². The number of nitrogens with one attached hydrogen (secondary N) is 1. The number of ether oxygens (including phenoxy) is 2. The van der Waals surface area contributed by atoms with Gasteiger partial charge in [-0.2, -0.15) is 0 Å². The molecule has 0 aromatic rings. The van der Waals surface area contributed by atoms with E-state index in [1.165, 1.54) is 32.1 Å². The zero-order valence-electron chi connectivity index (χ0n) is 13.6. The number of hydrogen-bond donors (Lipinski definition) is 1. The Morgan fingerprint density at radius 3 is 1.89 bits per heavy atom. The van der Waals surface area contributed by atoms with Crippen molar-refractivity contribution >= 4 is 0 Å². The minimum absolute atomic E-state index is 0.251. The van der Waals surface area contributed by atoms with Gasteiger partial charge >= 0.3 is 0 Å². The summed E-state index contributed by atoms with van der Waals surface area (Å²) >= 11 is 0. The first-order valence-electron chi connectivity index (χ1n) is 7.97. The Hall–Kier alpha value is -0.120. The summed E-state index contributed by atoms with van der Waals surface area (Å²) in [6.45, 7) is 13.2. The van der Waals surface area contributed by atoms with E-state index in [0.717, 1.165) is 39.4 Å². The van der Waals surface area contributed by atoms with Crippen molar-refractivity contribution in [3.05, 3.63) is 0 Å². The maximum Gasteiger partial charge on any atom is 0.0700 e. The molecule has 0 aliphatic heterocycles. The predicted molar refractivity (Wildman–Crippen MR) is 82.8 cm³/mol. The Kier molecular flexibility index (Phi) is 12.8.